The van der Waals surface area contributed by atoms with E-state index in [2.05, 4.69) is 5.32 Å². The molecule has 0 radical (unpaired) electrons. The molecular weight excluding hydrogens is 545 g/mol. The van der Waals surface area contributed by atoms with Gasteiger partial charge in [-0.1, -0.05) is 48.5 Å². The van der Waals surface area contributed by atoms with Gasteiger partial charge in [0.2, 0.25) is 11.8 Å². The Balaban J connectivity index is 1.68. The largest absolute Gasteiger partial charge is 0.457 e. The molecule has 0 aliphatic carbocycles. The van der Waals surface area contributed by atoms with E-state index < -0.39 is 40.2 Å². The van der Waals surface area contributed by atoms with Crippen LogP contribution in [0, 0.1) is 5.82 Å². The van der Waals surface area contributed by atoms with Crippen LogP contribution in [0.15, 0.2) is 114 Å². The Morgan fingerprint density at radius 1 is 0.829 bits per heavy atom. The summed E-state index contributed by atoms with van der Waals surface area (Å²) in [5.41, 5.74) is 0.812. The number of halogens is 1. The third kappa shape index (κ3) is 7.29. The number of ether oxygens (including phenoxy) is 1. The number of nitrogens with zero attached hydrogens (tertiary/aromatic N) is 2. The molecule has 4 rings (SSSR count). The van der Waals surface area contributed by atoms with Gasteiger partial charge in [0.05, 0.1) is 10.6 Å². The van der Waals surface area contributed by atoms with Gasteiger partial charge in [0, 0.05) is 13.6 Å². The Kier molecular flexibility index (Phi) is 9.36. The highest BCUT2D eigenvalue weighted by Crippen LogP contribution is 2.28. The van der Waals surface area contributed by atoms with E-state index in [0.717, 1.165) is 4.31 Å². The summed E-state index contributed by atoms with van der Waals surface area (Å²) in [4.78, 5) is 27.6. The fraction of sp³-hybridized carbons (Fsp3) is 0.161. The molecule has 0 aliphatic rings. The molecule has 10 heteroatoms. The third-order valence-electron chi connectivity index (χ3n) is 6.39. The number of hydrogen-bond acceptors (Lipinski definition) is 5. The molecular formula is C31H30FN3O5S. The van der Waals surface area contributed by atoms with Crippen LogP contribution in [0.4, 0.5) is 10.1 Å². The van der Waals surface area contributed by atoms with E-state index in [9.17, 15) is 22.4 Å². The number of benzene rings is 4. The van der Waals surface area contributed by atoms with Crippen LogP contribution >= 0.6 is 0 Å². The number of carbonyl (C=O) groups excluding carboxylic acids is 2. The molecule has 0 bridgehead atoms. The molecule has 1 atom stereocenters. The lowest BCUT2D eigenvalue weighted by atomic mass is 10.1. The molecule has 4 aromatic carbocycles. The van der Waals surface area contributed by atoms with Gasteiger partial charge in [-0.3, -0.25) is 13.9 Å². The highest BCUT2D eigenvalue weighted by atomic mass is 32.2. The number of likely N-dealkylation sites (N-methyl/N-ethyl adjacent to an activating group) is 1. The molecule has 0 saturated heterocycles. The molecule has 1 N–H and O–H groups in total. The van der Waals surface area contributed by atoms with Crippen LogP contribution in [0.25, 0.3) is 0 Å². The second kappa shape index (κ2) is 13.1. The lowest BCUT2D eigenvalue weighted by Crippen LogP contribution is -2.50. The van der Waals surface area contributed by atoms with Crippen molar-refractivity contribution in [3.05, 3.63) is 121 Å². The van der Waals surface area contributed by atoms with E-state index in [1.54, 1.807) is 61.5 Å². The zero-order valence-electron chi connectivity index (χ0n) is 22.6. The number of anilines is 1. The molecule has 0 aliphatic heterocycles. The zero-order valence-corrected chi connectivity index (χ0v) is 23.4. The fourth-order valence-corrected chi connectivity index (χ4v) is 5.57. The minimum Gasteiger partial charge on any atom is -0.457 e. The van der Waals surface area contributed by atoms with Crippen molar-refractivity contribution in [3.63, 3.8) is 0 Å². The minimum absolute atomic E-state index is 0.00171. The molecule has 0 fully saturated rings. The van der Waals surface area contributed by atoms with Crippen LogP contribution < -0.4 is 14.4 Å². The van der Waals surface area contributed by atoms with Gasteiger partial charge in [0.1, 0.15) is 29.9 Å². The van der Waals surface area contributed by atoms with E-state index in [-0.39, 0.29) is 17.1 Å². The molecule has 2 amide bonds. The smallest absolute Gasteiger partial charge is 0.264 e. The van der Waals surface area contributed by atoms with Gasteiger partial charge in [-0.25, -0.2) is 12.8 Å². The summed E-state index contributed by atoms with van der Waals surface area (Å²) in [5, 5.41) is 2.52. The molecule has 0 spiro atoms. The average Bonchev–Trinajstić information content (AvgIpc) is 3.00. The van der Waals surface area contributed by atoms with Crippen LogP contribution in [0.2, 0.25) is 0 Å². The van der Waals surface area contributed by atoms with Crippen LogP contribution in [0.1, 0.15) is 12.5 Å². The predicted octanol–water partition coefficient (Wildman–Crippen LogP) is 4.98. The van der Waals surface area contributed by atoms with Gasteiger partial charge in [-0.2, -0.15) is 0 Å². The van der Waals surface area contributed by atoms with Crippen LogP contribution in [-0.4, -0.2) is 44.8 Å². The standard InChI is InChI=1S/C31H30FN3O5S/c1-23(31(37)33-2)34(21-24-13-15-25(32)16-14-24)30(36)22-35(41(38,39)29-11-7-4-8-12-29)26-17-19-28(20-18-26)40-27-9-5-3-6-10-27/h3-20,23H,21-22H2,1-2H3,(H,33,37). The summed E-state index contributed by atoms with van der Waals surface area (Å²) in [6.45, 7) is 0.932. The summed E-state index contributed by atoms with van der Waals surface area (Å²) < 4.78 is 48.0. The highest BCUT2D eigenvalue weighted by Gasteiger charge is 2.32. The molecule has 4 aromatic rings. The fourth-order valence-electron chi connectivity index (χ4n) is 4.13. The molecule has 8 nitrogen and oxygen atoms in total. The second-order valence-electron chi connectivity index (χ2n) is 9.17. The first-order chi connectivity index (χ1) is 19.7. The second-order valence-corrected chi connectivity index (χ2v) is 11.0. The van der Waals surface area contributed by atoms with E-state index in [1.165, 1.54) is 48.3 Å². The normalized spacial score (nSPS) is 11.8. The Hall–Kier alpha value is -4.70. The summed E-state index contributed by atoms with van der Waals surface area (Å²) in [6, 6.07) is 27.8. The quantitative estimate of drug-likeness (QED) is 0.272. The van der Waals surface area contributed by atoms with Crippen molar-refractivity contribution in [2.75, 3.05) is 17.9 Å². The number of amides is 2. The number of nitrogens with one attached hydrogen (secondary N) is 1. The monoisotopic (exact) mass is 575 g/mol. The Morgan fingerprint density at radius 3 is 1.98 bits per heavy atom. The maximum atomic E-state index is 13.8. The number of para-hydroxylation sites is 1. The number of rotatable bonds is 11. The molecule has 1 unspecified atom stereocenters. The van der Waals surface area contributed by atoms with E-state index in [0.29, 0.717) is 17.1 Å². The van der Waals surface area contributed by atoms with E-state index in [1.807, 2.05) is 18.2 Å². The van der Waals surface area contributed by atoms with Crippen LogP contribution in [0.5, 0.6) is 11.5 Å². The summed E-state index contributed by atoms with van der Waals surface area (Å²) in [5.74, 6) is -0.390. The molecule has 0 heterocycles. The number of hydrogen-bond donors (Lipinski definition) is 1. The molecule has 0 aromatic heterocycles. The SMILES string of the molecule is CNC(=O)C(C)N(Cc1ccc(F)cc1)C(=O)CN(c1ccc(Oc2ccccc2)cc1)S(=O)(=O)c1ccccc1. The molecule has 0 saturated carbocycles. The van der Waals surface area contributed by atoms with Gasteiger partial charge in [0.25, 0.3) is 10.0 Å². The lowest BCUT2D eigenvalue weighted by molar-refractivity contribution is -0.139. The Morgan fingerprint density at radius 2 is 1.39 bits per heavy atom. The first-order valence-corrected chi connectivity index (χ1v) is 14.3. The van der Waals surface area contributed by atoms with Gasteiger partial charge in [-0.05, 0) is 73.2 Å². The average molecular weight is 576 g/mol. The van der Waals surface area contributed by atoms with E-state index in [4.69, 9.17) is 4.74 Å². The maximum Gasteiger partial charge on any atom is 0.264 e. The van der Waals surface area contributed by atoms with Gasteiger partial charge in [0.15, 0.2) is 0 Å². The van der Waals surface area contributed by atoms with Crippen molar-refractivity contribution in [2.24, 2.45) is 0 Å². The van der Waals surface area contributed by atoms with Crippen molar-refractivity contribution in [3.8, 4) is 11.5 Å². The maximum absolute atomic E-state index is 13.8. The summed E-state index contributed by atoms with van der Waals surface area (Å²) in [7, 11) is -2.74. The minimum atomic E-state index is -4.19. The number of carbonyl (C=O) groups is 2. The predicted molar refractivity (Wildman–Crippen MR) is 154 cm³/mol. The highest BCUT2D eigenvalue weighted by molar-refractivity contribution is 7.92. The first kappa shape index (κ1) is 29.3. The van der Waals surface area contributed by atoms with Crippen molar-refractivity contribution >= 4 is 27.5 Å². The molecule has 41 heavy (non-hydrogen) atoms. The molecule has 212 valence electrons. The van der Waals surface area contributed by atoms with Gasteiger partial charge in [-0.15, -0.1) is 0 Å². The lowest BCUT2D eigenvalue weighted by Gasteiger charge is -2.31. The van der Waals surface area contributed by atoms with Crippen molar-refractivity contribution < 1.29 is 27.1 Å². The van der Waals surface area contributed by atoms with Crippen molar-refractivity contribution in [1.82, 2.24) is 10.2 Å². The Bertz CT molecular complexity index is 1570. The van der Waals surface area contributed by atoms with Gasteiger partial charge < -0.3 is 15.0 Å². The van der Waals surface area contributed by atoms with Gasteiger partial charge >= 0.3 is 0 Å². The van der Waals surface area contributed by atoms with Crippen molar-refractivity contribution in [1.29, 1.82) is 0 Å². The summed E-state index contributed by atoms with van der Waals surface area (Å²) >= 11 is 0. The van der Waals surface area contributed by atoms with Crippen LogP contribution in [0.3, 0.4) is 0 Å². The van der Waals surface area contributed by atoms with E-state index >= 15 is 0 Å². The number of sulfonamides is 1. The zero-order chi connectivity index (χ0) is 29.4. The third-order valence-corrected chi connectivity index (χ3v) is 8.18. The summed E-state index contributed by atoms with van der Waals surface area (Å²) in [6.07, 6.45) is 0. The first-order valence-electron chi connectivity index (χ1n) is 12.9. The topological polar surface area (TPSA) is 96.0 Å². The van der Waals surface area contributed by atoms with Crippen LogP contribution in [-0.2, 0) is 26.2 Å². The van der Waals surface area contributed by atoms with Crippen molar-refractivity contribution in [2.45, 2.75) is 24.4 Å². The Labute approximate surface area is 239 Å².